The van der Waals surface area contributed by atoms with Crippen LogP contribution in [0.1, 0.15) is 93.0 Å². The molecule has 12 N–H and O–H groups in total. The van der Waals surface area contributed by atoms with Gasteiger partial charge < -0.3 is 48.8 Å². The maximum atomic E-state index is 14.8. The van der Waals surface area contributed by atoms with Crippen LogP contribution in [0.4, 0.5) is 0 Å². The topological polar surface area (TPSA) is 269 Å². The Balaban J connectivity index is 1.45. The van der Waals surface area contributed by atoms with Gasteiger partial charge in [0.2, 0.25) is 35.4 Å². The predicted molar refractivity (Wildman–Crippen MR) is 243 cm³/mol. The molecule has 0 radical (unpaired) electrons. The van der Waals surface area contributed by atoms with Gasteiger partial charge in [0.25, 0.3) is 0 Å². The Morgan fingerprint density at radius 3 is 2.21 bits per heavy atom. The Labute approximate surface area is 368 Å². The fourth-order valence-electron chi connectivity index (χ4n) is 8.14. The smallest absolute Gasteiger partial charge is 0.246 e. The van der Waals surface area contributed by atoms with E-state index in [1.165, 1.54) is 5.56 Å². The normalized spacial score (nSPS) is 15.9. The van der Waals surface area contributed by atoms with Crippen molar-refractivity contribution in [1.29, 1.82) is 0 Å². The third-order valence-electron chi connectivity index (χ3n) is 11.4. The van der Waals surface area contributed by atoms with Crippen molar-refractivity contribution in [1.82, 2.24) is 31.6 Å². The molecule has 6 amide bonds. The zero-order valence-electron chi connectivity index (χ0n) is 36.4. The molecule has 4 atom stereocenters. The largest absolute Gasteiger partial charge is 0.370 e. The number of fused-ring (bicyclic) bond motifs is 2. The number of benzene rings is 3. The summed E-state index contributed by atoms with van der Waals surface area (Å²) in [6.45, 7) is 5.93. The number of hydrogen-bond acceptors (Lipinski definition) is 7. The Bertz CT molecular complexity index is 2270. The summed E-state index contributed by atoms with van der Waals surface area (Å²) < 4.78 is 0. The van der Waals surface area contributed by atoms with Gasteiger partial charge in [-0.1, -0.05) is 93.9 Å². The van der Waals surface area contributed by atoms with Gasteiger partial charge >= 0.3 is 0 Å². The number of unbranched alkanes of at least 4 members (excludes halogenated alkanes) is 1. The number of rotatable bonds is 22. The minimum atomic E-state index is -1.35. The van der Waals surface area contributed by atoms with Gasteiger partial charge in [-0.05, 0) is 71.9 Å². The molecule has 0 saturated carbocycles. The molecule has 3 aromatic carbocycles. The number of guanidine groups is 1. The number of aliphatic imine (C=N–C) groups is 1. The van der Waals surface area contributed by atoms with Gasteiger partial charge in [0.1, 0.15) is 23.7 Å². The van der Waals surface area contributed by atoms with Crippen LogP contribution in [-0.2, 0) is 54.5 Å². The number of primary amides is 1. The first-order chi connectivity index (χ1) is 30.2. The van der Waals surface area contributed by atoms with Gasteiger partial charge in [0, 0.05) is 49.3 Å². The molecule has 63 heavy (non-hydrogen) atoms. The number of carbonyl (C=O) groups is 6. The lowest BCUT2D eigenvalue weighted by molar-refractivity contribution is -0.137. The number of aromatic nitrogens is 1. The van der Waals surface area contributed by atoms with Crippen molar-refractivity contribution in [2.45, 2.75) is 115 Å². The first kappa shape index (κ1) is 47.3. The van der Waals surface area contributed by atoms with E-state index in [2.05, 4.69) is 56.5 Å². The highest BCUT2D eigenvalue weighted by atomic mass is 16.2. The second-order valence-corrected chi connectivity index (χ2v) is 16.6. The molecule has 0 saturated heterocycles. The highest BCUT2D eigenvalue weighted by Gasteiger charge is 2.44. The summed E-state index contributed by atoms with van der Waals surface area (Å²) in [4.78, 5) is 89.6. The zero-order valence-corrected chi connectivity index (χ0v) is 36.4. The fourth-order valence-corrected chi connectivity index (χ4v) is 8.14. The van der Waals surface area contributed by atoms with E-state index in [1.807, 2.05) is 73.7 Å². The predicted octanol–water partition coefficient (Wildman–Crippen LogP) is 2.42. The zero-order chi connectivity index (χ0) is 45.5. The van der Waals surface area contributed by atoms with E-state index in [-0.39, 0.29) is 62.9 Å². The van der Waals surface area contributed by atoms with E-state index in [4.69, 9.17) is 17.2 Å². The first-order valence-corrected chi connectivity index (χ1v) is 21.7. The Morgan fingerprint density at radius 2 is 1.49 bits per heavy atom. The number of amides is 6. The lowest BCUT2D eigenvalue weighted by Gasteiger charge is -2.39. The highest BCUT2D eigenvalue weighted by molar-refractivity contribution is 5.98. The van der Waals surface area contributed by atoms with Crippen molar-refractivity contribution in [3.8, 4) is 0 Å². The summed E-state index contributed by atoms with van der Waals surface area (Å²) >= 11 is 0. The first-order valence-electron chi connectivity index (χ1n) is 21.7. The molecule has 1 aliphatic rings. The number of aromatic amines is 1. The standard InChI is InChI=1S/C47H62N10O6/c1-4-5-20-41(59)57-47(22-21-34-31(26-47)15-11-17-33(34)29(2)3)45(63)56-38(24-30-13-7-6-8-14-30)44(62)54-37(19-12-23-51-46(49)50)43(61)55-39(42(60)53-28-40(48)58)25-32-27-52-36-18-10-9-16-35(32)36/h6-11,13-18,27,29,37-39,52H,4-5,12,19-26,28H2,1-3H3,(H2,48,58)(H,53,60)(H,54,62)(H,55,61)(H,56,63)(H,57,59)(H4,49,50,51)/t37-,38+,39-,47?/m0/s1. The van der Waals surface area contributed by atoms with Crippen molar-refractivity contribution in [2.24, 2.45) is 22.2 Å². The van der Waals surface area contributed by atoms with E-state index in [9.17, 15) is 28.8 Å². The SMILES string of the molecule is CCCCC(=O)NC1(C(=O)N[C@H](Cc2ccccc2)C(=O)N[C@@H](CCCN=C(N)N)C(=O)N[C@@H](Cc2c[nH]c3ccccc23)C(=O)NCC(N)=O)CCc2c(cccc2C(C)C)C1. The average molecular weight is 863 g/mol. The van der Waals surface area contributed by atoms with Gasteiger partial charge in [0.15, 0.2) is 5.96 Å². The number of H-pyrrole nitrogens is 1. The number of nitrogens with one attached hydrogen (secondary N) is 6. The quantitative estimate of drug-likeness (QED) is 0.0321. The molecule has 0 bridgehead atoms. The van der Waals surface area contributed by atoms with E-state index < -0.39 is 59.7 Å². The van der Waals surface area contributed by atoms with E-state index in [0.717, 1.165) is 39.6 Å². The molecule has 4 aromatic rings. The highest BCUT2D eigenvalue weighted by Crippen LogP contribution is 2.34. The van der Waals surface area contributed by atoms with Gasteiger partial charge in [-0.3, -0.25) is 33.8 Å². The van der Waals surface area contributed by atoms with Crippen molar-refractivity contribution in [3.05, 3.63) is 107 Å². The van der Waals surface area contributed by atoms with E-state index >= 15 is 0 Å². The van der Waals surface area contributed by atoms with Crippen LogP contribution in [0.2, 0.25) is 0 Å². The molecule has 5 rings (SSSR count). The van der Waals surface area contributed by atoms with Crippen LogP contribution in [0.15, 0.2) is 84.0 Å². The molecule has 16 heteroatoms. The van der Waals surface area contributed by atoms with Crippen LogP contribution < -0.4 is 43.8 Å². The third kappa shape index (κ3) is 13.1. The maximum Gasteiger partial charge on any atom is 0.246 e. The van der Waals surface area contributed by atoms with Crippen molar-refractivity contribution >= 4 is 52.3 Å². The van der Waals surface area contributed by atoms with Gasteiger partial charge in [-0.2, -0.15) is 0 Å². The lowest BCUT2D eigenvalue weighted by Crippen LogP contribution is -2.65. The maximum absolute atomic E-state index is 14.8. The molecule has 1 aromatic heterocycles. The number of hydrogen-bond donors (Lipinski definition) is 9. The van der Waals surface area contributed by atoms with Crippen LogP contribution in [0, 0.1) is 0 Å². The molecule has 1 unspecified atom stereocenters. The van der Waals surface area contributed by atoms with E-state index in [0.29, 0.717) is 19.3 Å². The van der Waals surface area contributed by atoms with Crippen molar-refractivity contribution in [2.75, 3.05) is 13.1 Å². The number of nitrogens with two attached hydrogens (primary N) is 3. The van der Waals surface area contributed by atoms with Gasteiger partial charge in [0.05, 0.1) is 6.54 Å². The third-order valence-corrected chi connectivity index (χ3v) is 11.4. The number of para-hydroxylation sites is 1. The second-order valence-electron chi connectivity index (χ2n) is 16.6. The van der Waals surface area contributed by atoms with E-state index in [1.54, 1.807) is 6.20 Å². The second kappa shape index (κ2) is 22.4. The molecule has 1 aliphatic carbocycles. The molecule has 0 aliphatic heterocycles. The molecule has 336 valence electrons. The summed E-state index contributed by atoms with van der Waals surface area (Å²) in [5.41, 5.74) is 20.7. The molecular formula is C47H62N10O6. The summed E-state index contributed by atoms with van der Waals surface area (Å²) in [6, 6.07) is 19.1. The van der Waals surface area contributed by atoms with Crippen LogP contribution in [0.5, 0.6) is 0 Å². The summed E-state index contributed by atoms with van der Waals surface area (Å²) in [5, 5.41) is 15.1. The Morgan fingerprint density at radius 1 is 0.794 bits per heavy atom. The van der Waals surface area contributed by atoms with Crippen LogP contribution in [0.3, 0.4) is 0 Å². The Kier molecular flexibility index (Phi) is 16.8. The summed E-state index contributed by atoms with van der Waals surface area (Å²) in [6.07, 6.45) is 4.95. The van der Waals surface area contributed by atoms with Crippen LogP contribution in [0.25, 0.3) is 10.9 Å². The van der Waals surface area contributed by atoms with Crippen molar-refractivity contribution in [3.63, 3.8) is 0 Å². The minimum Gasteiger partial charge on any atom is -0.370 e. The summed E-state index contributed by atoms with van der Waals surface area (Å²) in [7, 11) is 0. The van der Waals surface area contributed by atoms with Crippen LogP contribution >= 0.6 is 0 Å². The average Bonchev–Trinajstić information content (AvgIpc) is 3.67. The van der Waals surface area contributed by atoms with Gasteiger partial charge in [-0.15, -0.1) is 0 Å². The van der Waals surface area contributed by atoms with Crippen LogP contribution in [-0.4, -0.2) is 83.1 Å². The molecular weight excluding hydrogens is 801 g/mol. The molecule has 0 spiro atoms. The fraction of sp³-hybridized carbons (Fsp3) is 0.426. The molecule has 1 heterocycles. The minimum absolute atomic E-state index is 0.0373. The number of nitrogens with zero attached hydrogens (tertiary/aromatic N) is 1. The molecule has 0 fully saturated rings. The Hall–Kier alpha value is -6.71. The lowest BCUT2D eigenvalue weighted by atomic mass is 9.74. The summed E-state index contributed by atoms with van der Waals surface area (Å²) in [5.74, 6) is -3.42. The number of carbonyl (C=O) groups excluding carboxylic acids is 6. The van der Waals surface area contributed by atoms with Gasteiger partial charge in [-0.25, -0.2) is 0 Å². The molecule has 16 nitrogen and oxygen atoms in total. The monoisotopic (exact) mass is 862 g/mol. The van der Waals surface area contributed by atoms with Crippen molar-refractivity contribution < 1.29 is 28.8 Å².